The van der Waals surface area contributed by atoms with Crippen LogP contribution in [0.5, 0.6) is 0 Å². The monoisotopic (exact) mass is 291 g/mol. The molecule has 0 aromatic heterocycles. The molecule has 5 heteroatoms. The molecule has 0 aliphatic rings. The molecule has 0 spiro atoms. The fraction of sp³-hybridized carbons (Fsp3) is 0.500. The summed E-state index contributed by atoms with van der Waals surface area (Å²) in [5.41, 5.74) is 6.67. The zero-order valence-electron chi connectivity index (χ0n) is 13.2. The molecule has 0 unspecified atom stereocenters. The van der Waals surface area contributed by atoms with E-state index in [-0.39, 0.29) is 11.8 Å². The maximum absolute atomic E-state index is 11.9. The Balaban J connectivity index is 2.62. The number of carbonyl (C=O) groups is 2. The van der Waals surface area contributed by atoms with E-state index in [1.54, 1.807) is 24.3 Å². The Kier molecular flexibility index (Phi) is 5.90. The van der Waals surface area contributed by atoms with Crippen LogP contribution in [-0.4, -0.2) is 17.9 Å². The van der Waals surface area contributed by atoms with Gasteiger partial charge in [-0.3, -0.25) is 9.59 Å². The Morgan fingerprint density at radius 2 is 1.57 bits per heavy atom. The Morgan fingerprint density at radius 1 is 1.10 bits per heavy atom. The highest BCUT2D eigenvalue weighted by molar-refractivity contribution is 5.96. The highest BCUT2D eigenvalue weighted by Crippen LogP contribution is 2.19. The molecule has 2 amide bonds. The van der Waals surface area contributed by atoms with Gasteiger partial charge < -0.3 is 16.4 Å². The third-order valence-electron chi connectivity index (χ3n) is 3.03. The minimum atomic E-state index is -0.490. The number of anilines is 2. The predicted octanol–water partition coefficient (Wildman–Crippen LogP) is 2.74. The van der Waals surface area contributed by atoms with Crippen molar-refractivity contribution >= 4 is 23.2 Å². The molecular formula is C16H25N3O2. The first-order valence-corrected chi connectivity index (χ1v) is 7.22. The smallest absolute Gasteiger partial charge is 0.241 e. The van der Waals surface area contributed by atoms with E-state index >= 15 is 0 Å². The van der Waals surface area contributed by atoms with Gasteiger partial charge in [0.05, 0.1) is 6.04 Å². The number of carbonyl (C=O) groups excluding carboxylic acids is 2. The van der Waals surface area contributed by atoms with Crippen molar-refractivity contribution in [1.29, 1.82) is 0 Å². The standard InChI is InChI=1S/C16H25N3O2/c1-5-6-13(17)14(20)18-11-7-9-12(10-8-11)19-15(21)16(2,3)4/h7-10,13H,5-6,17H2,1-4H3,(H,18,20)(H,19,21)/t13-/m0/s1. The number of hydrogen-bond donors (Lipinski definition) is 3. The van der Waals surface area contributed by atoms with E-state index in [1.807, 2.05) is 27.7 Å². The Morgan fingerprint density at radius 3 is 2.00 bits per heavy atom. The zero-order valence-corrected chi connectivity index (χ0v) is 13.2. The summed E-state index contributed by atoms with van der Waals surface area (Å²) in [6.45, 7) is 7.55. The van der Waals surface area contributed by atoms with E-state index < -0.39 is 11.5 Å². The van der Waals surface area contributed by atoms with Crippen LogP contribution in [0.4, 0.5) is 11.4 Å². The molecule has 0 saturated heterocycles. The Hall–Kier alpha value is -1.88. The summed E-state index contributed by atoms with van der Waals surface area (Å²) >= 11 is 0. The summed E-state index contributed by atoms with van der Waals surface area (Å²) in [7, 11) is 0. The van der Waals surface area contributed by atoms with E-state index in [2.05, 4.69) is 10.6 Å². The van der Waals surface area contributed by atoms with Gasteiger partial charge in [-0.2, -0.15) is 0 Å². The highest BCUT2D eigenvalue weighted by Gasteiger charge is 2.21. The third kappa shape index (κ3) is 5.55. The van der Waals surface area contributed by atoms with Crippen LogP contribution in [0.3, 0.4) is 0 Å². The van der Waals surface area contributed by atoms with Crippen molar-refractivity contribution in [3.8, 4) is 0 Å². The number of rotatable bonds is 5. The normalized spacial score (nSPS) is 12.6. The summed E-state index contributed by atoms with van der Waals surface area (Å²) < 4.78 is 0. The van der Waals surface area contributed by atoms with Crippen molar-refractivity contribution in [1.82, 2.24) is 0 Å². The number of hydrogen-bond acceptors (Lipinski definition) is 3. The molecule has 0 heterocycles. The second-order valence-electron chi connectivity index (χ2n) is 6.17. The largest absolute Gasteiger partial charge is 0.326 e. The predicted molar refractivity (Wildman–Crippen MR) is 86.0 cm³/mol. The van der Waals surface area contributed by atoms with Crippen molar-refractivity contribution in [2.75, 3.05) is 10.6 Å². The van der Waals surface area contributed by atoms with Gasteiger partial charge in [-0.1, -0.05) is 34.1 Å². The second kappa shape index (κ2) is 7.22. The Labute approximate surface area is 126 Å². The molecule has 116 valence electrons. The van der Waals surface area contributed by atoms with Crippen LogP contribution in [0.1, 0.15) is 40.5 Å². The van der Waals surface area contributed by atoms with Crippen LogP contribution in [0.25, 0.3) is 0 Å². The molecular weight excluding hydrogens is 266 g/mol. The summed E-state index contributed by atoms with van der Waals surface area (Å²) in [5.74, 6) is -0.243. The van der Waals surface area contributed by atoms with Crippen LogP contribution >= 0.6 is 0 Å². The van der Waals surface area contributed by atoms with Gasteiger partial charge >= 0.3 is 0 Å². The lowest BCUT2D eigenvalue weighted by molar-refractivity contribution is -0.123. The molecule has 1 aromatic carbocycles. The van der Waals surface area contributed by atoms with E-state index in [4.69, 9.17) is 5.73 Å². The van der Waals surface area contributed by atoms with Crippen LogP contribution < -0.4 is 16.4 Å². The van der Waals surface area contributed by atoms with Crippen molar-refractivity contribution in [3.63, 3.8) is 0 Å². The molecule has 1 aromatic rings. The number of amides is 2. The number of nitrogens with two attached hydrogens (primary N) is 1. The average molecular weight is 291 g/mol. The third-order valence-corrected chi connectivity index (χ3v) is 3.03. The molecule has 0 fully saturated rings. The fourth-order valence-corrected chi connectivity index (χ4v) is 1.63. The summed E-state index contributed by atoms with van der Waals surface area (Å²) in [4.78, 5) is 23.7. The summed E-state index contributed by atoms with van der Waals surface area (Å²) in [6.07, 6.45) is 1.53. The van der Waals surface area contributed by atoms with Crippen molar-refractivity contribution in [2.45, 2.75) is 46.6 Å². The number of nitrogens with one attached hydrogen (secondary N) is 2. The SMILES string of the molecule is CCC[C@H](N)C(=O)Nc1ccc(NC(=O)C(C)(C)C)cc1. The van der Waals surface area contributed by atoms with Crippen LogP contribution in [0.2, 0.25) is 0 Å². The summed E-state index contributed by atoms with van der Waals surface area (Å²) in [6, 6.07) is 6.51. The topological polar surface area (TPSA) is 84.2 Å². The van der Waals surface area contributed by atoms with E-state index in [9.17, 15) is 9.59 Å². The highest BCUT2D eigenvalue weighted by atomic mass is 16.2. The lowest BCUT2D eigenvalue weighted by Crippen LogP contribution is -2.35. The first-order valence-electron chi connectivity index (χ1n) is 7.22. The van der Waals surface area contributed by atoms with Crippen molar-refractivity contribution < 1.29 is 9.59 Å². The van der Waals surface area contributed by atoms with Crippen LogP contribution in [0, 0.1) is 5.41 Å². The molecule has 1 atom stereocenters. The van der Waals surface area contributed by atoms with Gasteiger partial charge in [0.2, 0.25) is 11.8 Å². The lowest BCUT2D eigenvalue weighted by atomic mass is 9.95. The van der Waals surface area contributed by atoms with Crippen LogP contribution in [0.15, 0.2) is 24.3 Å². The summed E-state index contributed by atoms with van der Waals surface area (Å²) in [5, 5.41) is 5.59. The first-order chi connectivity index (χ1) is 9.74. The van der Waals surface area contributed by atoms with Crippen molar-refractivity contribution in [2.24, 2.45) is 11.1 Å². The van der Waals surface area contributed by atoms with Gasteiger partial charge in [0, 0.05) is 16.8 Å². The average Bonchev–Trinajstić information content (AvgIpc) is 2.40. The van der Waals surface area contributed by atoms with E-state index in [0.717, 1.165) is 6.42 Å². The minimum Gasteiger partial charge on any atom is -0.326 e. The van der Waals surface area contributed by atoms with E-state index in [1.165, 1.54) is 0 Å². The molecule has 21 heavy (non-hydrogen) atoms. The molecule has 1 rings (SSSR count). The minimum absolute atomic E-state index is 0.0516. The zero-order chi connectivity index (χ0) is 16.0. The maximum Gasteiger partial charge on any atom is 0.241 e. The first kappa shape index (κ1) is 17.2. The van der Waals surface area contributed by atoms with Crippen molar-refractivity contribution in [3.05, 3.63) is 24.3 Å². The van der Waals surface area contributed by atoms with Gasteiger partial charge in [-0.25, -0.2) is 0 Å². The quantitative estimate of drug-likeness (QED) is 0.780. The maximum atomic E-state index is 11.9. The molecule has 0 aliphatic carbocycles. The van der Waals surface area contributed by atoms with Gasteiger partial charge in [-0.15, -0.1) is 0 Å². The van der Waals surface area contributed by atoms with Gasteiger partial charge in [0.15, 0.2) is 0 Å². The van der Waals surface area contributed by atoms with Gasteiger partial charge in [-0.05, 0) is 30.7 Å². The second-order valence-corrected chi connectivity index (χ2v) is 6.17. The Bertz CT molecular complexity index is 489. The molecule has 4 N–H and O–H groups in total. The molecule has 0 bridgehead atoms. The molecule has 5 nitrogen and oxygen atoms in total. The van der Waals surface area contributed by atoms with Crippen LogP contribution in [-0.2, 0) is 9.59 Å². The molecule has 0 radical (unpaired) electrons. The number of benzene rings is 1. The molecule has 0 saturated carbocycles. The van der Waals surface area contributed by atoms with E-state index in [0.29, 0.717) is 17.8 Å². The van der Waals surface area contributed by atoms with Gasteiger partial charge in [0.25, 0.3) is 0 Å². The van der Waals surface area contributed by atoms with Gasteiger partial charge in [0.1, 0.15) is 0 Å². The molecule has 0 aliphatic heterocycles. The lowest BCUT2D eigenvalue weighted by Gasteiger charge is -2.18. The fourth-order valence-electron chi connectivity index (χ4n) is 1.63.